The molecule has 8 heteroatoms. The molecule has 0 aromatic carbocycles. The maximum Gasteiger partial charge on any atom is 0.256 e. The molecule has 22 heavy (non-hydrogen) atoms. The third-order valence-corrected chi connectivity index (χ3v) is 5.06. The summed E-state index contributed by atoms with van der Waals surface area (Å²) in [5.41, 5.74) is 1.32. The van der Waals surface area contributed by atoms with Gasteiger partial charge in [0.25, 0.3) is 5.91 Å². The highest BCUT2D eigenvalue weighted by atomic mass is 32.2. The van der Waals surface area contributed by atoms with Gasteiger partial charge >= 0.3 is 0 Å². The summed E-state index contributed by atoms with van der Waals surface area (Å²) in [4.78, 5) is 14.4. The van der Waals surface area contributed by atoms with Gasteiger partial charge in [-0.2, -0.15) is 5.10 Å². The van der Waals surface area contributed by atoms with Gasteiger partial charge in [0.05, 0.1) is 23.0 Å². The average molecular weight is 322 g/mol. The first-order chi connectivity index (χ1) is 10.3. The van der Waals surface area contributed by atoms with E-state index in [1.807, 2.05) is 6.92 Å². The number of likely N-dealkylation sites (tertiary alicyclic amines) is 1. The Morgan fingerprint density at radius 3 is 2.91 bits per heavy atom. The molecular formula is C14H18N4O3S. The molecule has 1 aliphatic heterocycles. The van der Waals surface area contributed by atoms with E-state index >= 15 is 0 Å². The zero-order chi connectivity index (χ0) is 15.9. The first-order valence-corrected chi connectivity index (χ1v) is 8.79. The predicted octanol–water partition coefficient (Wildman–Crippen LogP) is 0.331. The molecule has 118 valence electrons. The lowest BCUT2D eigenvalue weighted by atomic mass is 10.0. The predicted molar refractivity (Wildman–Crippen MR) is 81.7 cm³/mol. The minimum absolute atomic E-state index is 0.0885. The summed E-state index contributed by atoms with van der Waals surface area (Å²) in [6.45, 7) is 2.89. The number of amides is 1. The Morgan fingerprint density at radius 1 is 1.41 bits per heavy atom. The Morgan fingerprint density at radius 2 is 2.18 bits per heavy atom. The van der Waals surface area contributed by atoms with Gasteiger partial charge in [-0.15, -0.1) is 0 Å². The second-order valence-electron chi connectivity index (χ2n) is 5.86. The molecule has 0 unspecified atom stereocenters. The molecule has 0 saturated carbocycles. The van der Waals surface area contributed by atoms with Crippen molar-refractivity contribution < 1.29 is 13.2 Å². The summed E-state index contributed by atoms with van der Waals surface area (Å²) < 4.78 is 24.2. The van der Waals surface area contributed by atoms with Crippen molar-refractivity contribution in [1.29, 1.82) is 0 Å². The Kier molecular flexibility index (Phi) is 3.65. The van der Waals surface area contributed by atoms with Crippen LogP contribution in [0.2, 0.25) is 0 Å². The molecule has 0 radical (unpaired) electrons. The van der Waals surface area contributed by atoms with Crippen molar-refractivity contribution in [2.75, 3.05) is 18.8 Å². The van der Waals surface area contributed by atoms with E-state index in [2.05, 4.69) is 5.10 Å². The third-order valence-electron chi connectivity index (χ3n) is 4.17. The number of hydrogen-bond acceptors (Lipinski definition) is 4. The smallest absolute Gasteiger partial charge is 0.256 e. The van der Waals surface area contributed by atoms with Gasteiger partial charge in [-0.1, -0.05) is 6.92 Å². The van der Waals surface area contributed by atoms with Crippen LogP contribution in [0.1, 0.15) is 17.3 Å². The van der Waals surface area contributed by atoms with Gasteiger partial charge in [0.1, 0.15) is 0 Å². The van der Waals surface area contributed by atoms with Crippen LogP contribution in [0, 0.1) is 11.8 Å². The fourth-order valence-corrected chi connectivity index (χ4v) is 4.05. The number of carbonyl (C=O) groups excluding carboxylic acids is 1. The van der Waals surface area contributed by atoms with Crippen molar-refractivity contribution in [3.05, 3.63) is 36.2 Å². The number of pyridine rings is 1. The van der Waals surface area contributed by atoms with Crippen molar-refractivity contribution >= 4 is 21.4 Å². The molecule has 7 nitrogen and oxygen atoms in total. The molecule has 2 N–H and O–H groups in total. The topological polar surface area (TPSA) is 97.8 Å². The quantitative estimate of drug-likeness (QED) is 0.880. The van der Waals surface area contributed by atoms with Gasteiger partial charge in [-0.25, -0.2) is 18.1 Å². The highest BCUT2D eigenvalue weighted by molar-refractivity contribution is 7.89. The summed E-state index contributed by atoms with van der Waals surface area (Å²) in [7, 11) is -3.53. The summed E-state index contributed by atoms with van der Waals surface area (Å²) in [6.07, 6.45) is 3.42. The molecule has 1 fully saturated rings. The zero-order valence-corrected chi connectivity index (χ0v) is 13.0. The number of primary sulfonamides is 1. The van der Waals surface area contributed by atoms with Crippen LogP contribution < -0.4 is 5.14 Å². The van der Waals surface area contributed by atoms with Gasteiger partial charge in [-0.3, -0.25) is 4.79 Å². The monoisotopic (exact) mass is 322 g/mol. The molecule has 2 aromatic rings. The van der Waals surface area contributed by atoms with Crippen LogP contribution in [0.3, 0.4) is 0 Å². The van der Waals surface area contributed by atoms with Crippen LogP contribution in [0.25, 0.3) is 5.52 Å². The average Bonchev–Trinajstić information content (AvgIpc) is 3.03. The van der Waals surface area contributed by atoms with Gasteiger partial charge in [0, 0.05) is 19.3 Å². The minimum atomic E-state index is -3.53. The number of sulfonamides is 1. The van der Waals surface area contributed by atoms with Crippen LogP contribution in [0.5, 0.6) is 0 Å². The van der Waals surface area contributed by atoms with Crippen LogP contribution in [0.15, 0.2) is 30.6 Å². The van der Waals surface area contributed by atoms with E-state index in [0.717, 1.165) is 5.52 Å². The van der Waals surface area contributed by atoms with E-state index in [4.69, 9.17) is 5.14 Å². The maximum atomic E-state index is 12.7. The van der Waals surface area contributed by atoms with E-state index in [9.17, 15) is 13.2 Å². The summed E-state index contributed by atoms with van der Waals surface area (Å²) >= 11 is 0. The van der Waals surface area contributed by atoms with E-state index in [1.54, 1.807) is 40.0 Å². The fourth-order valence-electron chi connectivity index (χ4n) is 3.02. The van der Waals surface area contributed by atoms with Gasteiger partial charge in [0.15, 0.2) is 0 Å². The lowest BCUT2D eigenvalue weighted by molar-refractivity contribution is 0.0786. The molecule has 2 aromatic heterocycles. The molecule has 3 rings (SSSR count). The van der Waals surface area contributed by atoms with E-state index in [-0.39, 0.29) is 23.5 Å². The third kappa shape index (κ3) is 2.84. The number of fused-ring (bicyclic) bond motifs is 1. The van der Waals surface area contributed by atoms with Crippen molar-refractivity contribution in [2.45, 2.75) is 6.92 Å². The molecule has 1 amide bonds. The molecule has 3 heterocycles. The number of nitrogens with two attached hydrogens (primary N) is 1. The second kappa shape index (κ2) is 5.36. The summed E-state index contributed by atoms with van der Waals surface area (Å²) in [6, 6.07) is 5.32. The van der Waals surface area contributed by atoms with Crippen LogP contribution >= 0.6 is 0 Å². The Balaban J connectivity index is 1.83. The molecule has 1 saturated heterocycles. The first-order valence-electron chi connectivity index (χ1n) is 7.07. The van der Waals surface area contributed by atoms with Crippen LogP contribution in [0.4, 0.5) is 0 Å². The first kappa shape index (κ1) is 15.0. The van der Waals surface area contributed by atoms with E-state index in [1.165, 1.54) is 0 Å². The molecule has 0 spiro atoms. The van der Waals surface area contributed by atoms with E-state index in [0.29, 0.717) is 18.7 Å². The normalized spacial score (nSPS) is 22.4. The highest BCUT2D eigenvalue weighted by Gasteiger charge is 2.35. The number of carbonyl (C=O) groups is 1. The van der Waals surface area contributed by atoms with Crippen molar-refractivity contribution in [3.63, 3.8) is 0 Å². The molecular weight excluding hydrogens is 304 g/mol. The fraction of sp³-hybridized carbons (Fsp3) is 0.429. The standard InChI is InChI=1S/C14H18N4O3S/c1-10-7-17(8-11(10)9-22(15,20)21)14(19)12-3-2-6-18-13(12)4-5-16-18/h2-6,10-11H,7-9H2,1H3,(H2,15,20,21)/t10-,11+/m0/s1. The maximum absolute atomic E-state index is 12.7. The second-order valence-corrected chi connectivity index (χ2v) is 7.52. The molecule has 2 atom stereocenters. The van der Waals surface area contributed by atoms with E-state index < -0.39 is 10.0 Å². The molecule has 1 aliphatic rings. The SMILES string of the molecule is C[C@H]1CN(C(=O)c2cccn3nccc23)C[C@@H]1CS(N)(=O)=O. The largest absolute Gasteiger partial charge is 0.338 e. The van der Waals surface area contributed by atoms with Crippen LogP contribution in [-0.4, -0.2) is 47.7 Å². The van der Waals surface area contributed by atoms with Crippen molar-refractivity contribution in [2.24, 2.45) is 17.0 Å². The summed E-state index contributed by atoms with van der Waals surface area (Å²) in [5.74, 6) is -0.208. The van der Waals surface area contributed by atoms with Gasteiger partial charge in [0.2, 0.25) is 10.0 Å². The van der Waals surface area contributed by atoms with Crippen LogP contribution in [-0.2, 0) is 10.0 Å². The van der Waals surface area contributed by atoms with Gasteiger partial charge < -0.3 is 4.90 Å². The Labute approximate surface area is 128 Å². The molecule has 0 bridgehead atoms. The number of hydrogen-bond donors (Lipinski definition) is 1. The summed E-state index contributed by atoms with van der Waals surface area (Å²) in [5, 5.41) is 9.24. The lowest BCUT2D eigenvalue weighted by Crippen LogP contribution is -2.31. The Bertz CT molecular complexity index is 814. The van der Waals surface area contributed by atoms with Gasteiger partial charge in [-0.05, 0) is 30.0 Å². The number of rotatable bonds is 3. The minimum Gasteiger partial charge on any atom is -0.338 e. The number of aromatic nitrogens is 2. The lowest BCUT2D eigenvalue weighted by Gasteiger charge is -2.17. The number of nitrogens with zero attached hydrogens (tertiary/aromatic N) is 3. The Hall–Kier alpha value is -1.93. The van der Waals surface area contributed by atoms with Crippen molar-refractivity contribution in [3.8, 4) is 0 Å². The molecule has 0 aliphatic carbocycles. The zero-order valence-electron chi connectivity index (χ0n) is 12.2. The highest BCUT2D eigenvalue weighted by Crippen LogP contribution is 2.26. The van der Waals surface area contributed by atoms with Crippen molar-refractivity contribution in [1.82, 2.24) is 14.5 Å².